The van der Waals surface area contributed by atoms with E-state index in [2.05, 4.69) is 9.82 Å². The van der Waals surface area contributed by atoms with Gasteiger partial charge < -0.3 is 10.5 Å². The zero-order chi connectivity index (χ0) is 25.5. The van der Waals surface area contributed by atoms with Gasteiger partial charge >= 0.3 is 6.09 Å². The number of fused-ring (bicyclic) bond motifs is 1. The van der Waals surface area contributed by atoms with Gasteiger partial charge in [-0.05, 0) is 50.7 Å². The van der Waals surface area contributed by atoms with Gasteiger partial charge in [0.05, 0.1) is 39.2 Å². The van der Waals surface area contributed by atoms with Crippen molar-refractivity contribution in [3.8, 4) is 0 Å². The number of halogens is 2. The second-order valence-electron chi connectivity index (χ2n) is 11.2. The molecule has 0 saturated heterocycles. The predicted octanol–water partition coefficient (Wildman–Crippen LogP) is 4.24. The van der Waals surface area contributed by atoms with Crippen LogP contribution in [0.3, 0.4) is 0 Å². The van der Waals surface area contributed by atoms with E-state index in [0.29, 0.717) is 17.9 Å². The Balaban J connectivity index is 2.01. The standard InChI is InChI=1S/C23H35F2N5O3S/c1-20(2,3)18(33-19(26)31)22(7-9-23(24,25)10-8-22)16-14-30-17(29-16)11-15(12-27-30)13-28-34(32)21(4,5)6/h11-12,14,18,28H,7-10,13H2,1-6H3,(H2,26,31)/t18-,34?/m0/s1. The molecule has 1 saturated carbocycles. The Kier molecular flexibility index (Phi) is 7.12. The first-order valence-electron chi connectivity index (χ1n) is 11.4. The third-order valence-corrected chi connectivity index (χ3v) is 7.77. The van der Waals surface area contributed by atoms with Crippen molar-refractivity contribution in [1.29, 1.82) is 0 Å². The molecule has 1 fully saturated rings. The maximum absolute atomic E-state index is 14.2. The number of amides is 1. The minimum Gasteiger partial charge on any atom is -0.445 e. The van der Waals surface area contributed by atoms with Crippen LogP contribution in [0.25, 0.3) is 5.65 Å². The van der Waals surface area contributed by atoms with Crippen LogP contribution in [0.15, 0.2) is 18.5 Å². The van der Waals surface area contributed by atoms with Crippen LogP contribution in [0.2, 0.25) is 0 Å². The minimum absolute atomic E-state index is 0.0953. The SMILES string of the molecule is CC(C)(C)[C@H](OC(N)=O)C1(c2cn3ncc(CNS(=O)C(C)(C)C)cc3n2)CCC(F)(F)CC1. The number of nitrogens with two attached hydrogens (primary N) is 1. The Hall–Kier alpha value is -2.14. The normalized spacial score (nSPS) is 20.1. The van der Waals surface area contributed by atoms with Crippen molar-refractivity contribution < 1.29 is 22.5 Å². The topological polar surface area (TPSA) is 112 Å². The van der Waals surface area contributed by atoms with E-state index in [9.17, 15) is 17.8 Å². The summed E-state index contributed by atoms with van der Waals surface area (Å²) >= 11 is 0. The molecular formula is C23H35F2N5O3S. The quantitative estimate of drug-likeness (QED) is 0.618. The summed E-state index contributed by atoms with van der Waals surface area (Å²) in [6.07, 6.45) is 1.18. The zero-order valence-corrected chi connectivity index (χ0v) is 21.5. The van der Waals surface area contributed by atoms with Crippen LogP contribution in [-0.4, -0.2) is 41.7 Å². The fourth-order valence-corrected chi connectivity index (χ4v) is 5.30. The summed E-state index contributed by atoms with van der Waals surface area (Å²) in [7, 11) is -1.24. The Morgan fingerprint density at radius 2 is 1.85 bits per heavy atom. The van der Waals surface area contributed by atoms with Crippen LogP contribution in [0, 0.1) is 5.41 Å². The Morgan fingerprint density at radius 3 is 2.38 bits per heavy atom. The van der Waals surface area contributed by atoms with Gasteiger partial charge in [0.25, 0.3) is 0 Å². The number of rotatable bonds is 6. The average Bonchev–Trinajstić information content (AvgIpc) is 3.13. The molecule has 0 aliphatic heterocycles. The molecule has 0 bridgehead atoms. The highest BCUT2D eigenvalue weighted by molar-refractivity contribution is 7.84. The molecule has 2 aromatic heterocycles. The van der Waals surface area contributed by atoms with E-state index in [1.165, 1.54) is 0 Å². The number of primary amides is 1. The maximum Gasteiger partial charge on any atom is 0.404 e. The summed E-state index contributed by atoms with van der Waals surface area (Å²) in [6.45, 7) is 11.7. The molecule has 8 nitrogen and oxygen atoms in total. The summed E-state index contributed by atoms with van der Waals surface area (Å²) in [4.78, 5) is 16.6. The van der Waals surface area contributed by atoms with E-state index in [-0.39, 0.29) is 25.7 Å². The molecule has 1 amide bonds. The van der Waals surface area contributed by atoms with Crippen LogP contribution in [0.5, 0.6) is 0 Å². The van der Waals surface area contributed by atoms with Crippen molar-refractivity contribution in [3.05, 3.63) is 29.7 Å². The number of alkyl halides is 2. The molecule has 1 aliphatic carbocycles. The van der Waals surface area contributed by atoms with Crippen LogP contribution < -0.4 is 10.5 Å². The Morgan fingerprint density at radius 1 is 1.24 bits per heavy atom. The van der Waals surface area contributed by atoms with Gasteiger partial charge in [-0.2, -0.15) is 5.10 Å². The molecule has 3 N–H and O–H groups in total. The van der Waals surface area contributed by atoms with E-state index < -0.39 is 44.7 Å². The summed E-state index contributed by atoms with van der Waals surface area (Å²) in [5, 5.41) is 4.41. The van der Waals surface area contributed by atoms with Crippen LogP contribution in [-0.2, 0) is 27.7 Å². The van der Waals surface area contributed by atoms with Gasteiger partial charge in [0.2, 0.25) is 5.92 Å². The summed E-state index contributed by atoms with van der Waals surface area (Å²) < 4.78 is 50.4. The average molecular weight is 500 g/mol. The Bertz CT molecular complexity index is 1060. The third-order valence-electron chi connectivity index (χ3n) is 6.25. The summed E-state index contributed by atoms with van der Waals surface area (Å²) in [5.74, 6) is -2.78. The fourth-order valence-electron chi connectivity index (χ4n) is 4.57. The highest BCUT2D eigenvalue weighted by Crippen LogP contribution is 2.51. The number of ether oxygens (including phenoxy) is 1. The van der Waals surface area contributed by atoms with Crippen molar-refractivity contribution in [2.45, 2.75) is 96.0 Å². The van der Waals surface area contributed by atoms with E-state index in [0.717, 1.165) is 5.56 Å². The molecule has 0 radical (unpaired) electrons. The molecule has 2 heterocycles. The van der Waals surface area contributed by atoms with Gasteiger partial charge in [-0.25, -0.2) is 32.0 Å². The highest BCUT2D eigenvalue weighted by atomic mass is 32.2. The molecule has 2 aromatic rings. The third kappa shape index (κ3) is 5.73. The zero-order valence-electron chi connectivity index (χ0n) is 20.7. The van der Waals surface area contributed by atoms with Gasteiger partial charge in [0.1, 0.15) is 6.10 Å². The molecule has 2 atom stereocenters. The first kappa shape index (κ1) is 26.5. The number of aromatic nitrogens is 3. The lowest BCUT2D eigenvalue weighted by atomic mass is 9.61. The van der Waals surface area contributed by atoms with Crippen molar-refractivity contribution >= 4 is 22.7 Å². The van der Waals surface area contributed by atoms with Gasteiger partial charge in [0, 0.05) is 19.4 Å². The lowest BCUT2D eigenvalue weighted by Gasteiger charge is -2.48. The van der Waals surface area contributed by atoms with E-state index in [4.69, 9.17) is 15.5 Å². The molecule has 3 rings (SSSR count). The van der Waals surface area contributed by atoms with Gasteiger partial charge in [-0.15, -0.1) is 0 Å². The smallest absolute Gasteiger partial charge is 0.404 e. The fraction of sp³-hybridized carbons (Fsp3) is 0.696. The molecule has 11 heteroatoms. The highest BCUT2D eigenvalue weighted by Gasteiger charge is 2.54. The summed E-state index contributed by atoms with van der Waals surface area (Å²) in [5.41, 5.74) is 5.74. The molecule has 1 aliphatic rings. The first-order chi connectivity index (χ1) is 15.5. The van der Waals surface area contributed by atoms with Gasteiger partial charge in [-0.1, -0.05) is 20.8 Å². The number of nitrogens with one attached hydrogen (secondary N) is 1. The summed E-state index contributed by atoms with van der Waals surface area (Å²) in [6, 6.07) is 1.82. The number of nitrogens with zero attached hydrogens (tertiary/aromatic N) is 3. The van der Waals surface area contributed by atoms with Crippen LogP contribution in [0.4, 0.5) is 13.6 Å². The Labute approximate surface area is 201 Å². The van der Waals surface area contributed by atoms with E-state index in [1.54, 1.807) is 16.9 Å². The molecule has 0 aromatic carbocycles. The molecule has 0 spiro atoms. The molecule has 1 unspecified atom stereocenters. The largest absolute Gasteiger partial charge is 0.445 e. The number of imidazole rings is 1. The monoisotopic (exact) mass is 499 g/mol. The van der Waals surface area contributed by atoms with Gasteiger partial charge in [-0.3, -0.25) is 0 Å². The molecule has 190 valence electrons. The number of carbonyl (C=O) groups excluding carboxylic acids is 1. The first-order valence-corrected chi connectivity index (χ1v) is 12.5. The molecular weight excluding hydrogens is 464 g/mol. The van der Waals surface area contributed by atoms with Gasteiger partial charge in [0.15, 0.2) is 5.65 Å². The molecule has 34 heavy (non-hydrogen) atoms. The second-order valence-corrected chi connectivity index (χ2v) is 13.2. The lowest BCUT2D eigenvalue weighted by molar-refractivity contribution is -0.0961. The van der Waals surface area contributed by atoms with Crippen molar-refractivity contribution in [1.82, 2.24) is 19.3 Å². The van der Waals surface area contributed by atoms with Crippen LogP contribution in [0.1, 0.15) is 78.5 Å². The van der Waals surface area contributed by atoms with Crippen molar-refractivity contribution in [3.63, 3.8) is 0 Å². The van der Waals surface area contributed by atoms with E-state index in [1.807, 2.05) is 47.6 Å². The maximum atomic E-state index is 14.2. The lowest BCUT2D eigenvalue weighted by Crippen LogP contribution is -2.53. The number of carbonyl (C=O) groups is 1. The van der Waals surface area contributed by atoms with E-state index >= 15 is 0 Å². The minimum atomic E-state index is -2.78. The van der Waals surface area contributed by atoms with Crippen molar-refractivity contribution in [2.75, 3.05) is 0 Å². The second kappa shape index (κ2) is 9.14. The van der Waals surface area contributed by atoms with Crippen molar-refractivity contribution in [2.24, 2.45) is 11.1 Å². The van der Waals surface area contributed by atoms with Crippen LogP contribution >= 0.6 is 0 Å². The predicted molar refractivity (Wildman–Crippen MR) is 127 cm³/mol. The number of hydrogen-bond acceptors (Lipinski definition) is 5. The number of hydrogen-bond donors (Lipinski definition) is 2.